The van der Waals surface area contributed by atoms with Crippen LogP contribution in [0, 0.1) is 0 Å². The number of methoxy groups -OCH3 is 1. The number of halogens is 1. The molecule has 4 rings (SSSR count). The van der Waals surface area contributed by atoms with Crippen LogP contribution in [0.15, 0.2) is 82.2 Å². The first-order chi connectivity index (χ1) is 15.9. The zero-order valence-electron chi connectivity index (χ0n) is 17.4. The highest BCUT2D eigenvalue weighted by Crippen LogP contribution is 2.24. The van der Waals surface area contributed by atoms with E-state index >= 15 is 0 Å². The molecule has 7 nitrogen and oxygen atoms in total. The summed E-state index contributed by atoms with van der Waals surface area (Å²) in [7, 11) is 1.29. The minimum absolute atomic E-state index is 0.0140. The van der Waals surface area contributed by atoms with E-state index in [0.717, 1.165) is 0 Å². The Labute approximate surface area is 193 Å². The summed E-state index contributed by atoms with van der Waals surface area (Å²) in [6.45, 7) is -0.180. The van der Waals surface area contributed by atoms with E-state index in [1.165, 1.54) is 37.6 Å². The number of ketones is 1. The van der Waals surface area contributed by atoms with Crippen molar-refractivity contribution in [3.8, 4) is 17.2 Å². The van der Waals surface area contributed by atoms with E-state index in [1.807, 2.05) is 0 Å². The van der Waals surface area contributed by atoms with Crippen molar-refractivity contribution in [2.75, 3.05) is 13.7 Å². The van der Waals surface area contributed by atoms with Crippen LogP contribution in [0.1, 0.15) is 20.7 Å². The van der Waals surface area contributed by atoms with Gasteiger partial charge in [-0.2, -0.15) is 0 Å². The average molecular weight is 465 g/mol. The lowest BCUT2D eigenvalue weighted by Gasteiger charge is -2.08. The molecule has 0 spiro atoms. The van der Waals surface area contributed by atoms with Gasteiger partial charge in [-0.25, -0.2) is 4.79 Å². The SMILES string of the molecule is COC(=O)c1ccc(Oc2coc3cc(OCC(=O)c4ccc(Cl)cc4)ccc3c2=O)cc1. The zero-order chi connectivity index (χ0) is 23.4. The smallest absolute Gasteiger partial charge is 0.337 e. The van der Waals surface area contributed by atoms with Crippen LogP contribution >= 0.6 is 11.6 Å². The lowest BCUT2D eigenvalue weighted by molar-refractivity contribution is 0.0600. The van der Waals surface area contributed by atoms with Gasteiger partial charge in [-0.15, -0.1) is 0 Å². The highest BCUT2D eigenvalue weighted by molar-refractivity contribution is 6.30. The Balaban J connectivity index is 1.48. The normalized spacial score (nSPS) is 10.6. The van der Waals surface area contributed by atoms with Crippen LogP contribution in [0.5, 0.6) is 17.2 Å². The molecule has 0 amide bonds. The minimum Gasteiger partial charge on any atom is -0.485 e. The maximum absolute atomic E-state index is 12.8. The molecule has 0 atom stereocenters. The van der Waals surface area contributed by atoms with Gasteiger partial charge in [0, 0.05) is 16.7 Å². The van der Waals surface area contributed by atoms with Gasteiger partial charge >= 0.3 is 5.97 Å². The third kappa shape index (κ3) is 5.05. The Morgan fingerprint density at radius 3 is 2.27 bits per heavy atom. The first kappa shape index (κ1) is 22.1. The second-order valence-electron chi connectivity index (χ2n) is 6.92. The fourth-order valence-electron chi connectivity index (χ4n) is 3.02. The number of hydrogen-bond acceptors (Lipinski definition) is 7. The molecular formula is C25H17ClO7. The summed E-state index contributed by atoms with van der Waals surface area (Å²) in [5.74, 6) is 0.0322. The quantitative estimate of drug-likeness (QED) is 0.271. The van der Waals surface area contributed by atoms with Gasteiger partial charge in [0.15, 0.2) is 12.4 Å². The fraction of sp³-hybridized carbons (Fsp3) is 0.0800. The van der Waals surface area contributed by atoms with E-state index in [1.54, 1.807) is 42.5 Å². The molecule has 0 bridgehead atoms. The molecule has 0 saturated carbocycles. The monoisotopic (exact) mass is 464 g/mol. The average Bonchev–Trinajstić information content (AvgIpc) is 2.84. The summed E-state index contributed by atoms with van der Waals surface area (Å²) in [5.41, 5.74) is 0.743. The van der Waals surface area contributed by atoms with Gasteiger partial charge in [-0.3, -0.25) is 9.59 Å². The van der Waals surface area contributed by atoms with Crippen LogP contribution in [0.25, 0.3) is 11.0 Å². The number of ether oxygens (including phenoxy) is 3. The lowest BCUT2D eigenvalue weighted by atomic mass is 10.1. The summed E-state index contributed by atoms with van der Waals surface area (Å²) in [6, 6.07) is 17.3. The molecular weight excluding hydrogens is 448 g/mol. The summed E-state index contributed by atoms with van der Waals surface area (Å²) >= 11 is 5.83. The number of rotatable bonds is 7. The molecule has 0 unspecified atom stereocenters. The zero-order valence-corrected chi connectivity index (χ0v) is 18.1. The molecule has 0 aliphatic heterocycles. The van der Waals surface area contributed by atoms with E-state index in [0.29, 0.717) is 27.6 Å². The van der Waals surface area contributed by atoms with Crippen LogP contribution in [0.3, 0.4) is 0 Å². The molecule has 4 aromatic rings. The topological polar surface area (TPSA) is 92.0 Å². The summed E-state index contributed by atoms with van der Waals surface area (Å²) in [6.07, 6.45) is 1.20. The predicted molar refractivity (Wildman–Crippen MR) is 122 cm³/mol. The number of Topliss-reactive ketones (excluding diaryl/α,β-unsaturated/α-hetero) is 1. The number of carbonyl (C=O) groups excluding carboxylic acids is 2. The molecule has 166 valence electrons. The van der Waals surface area contributed by atoms with Crippen molar-refractivity contribution in [1.82, 2.24) is 0 Å². The Kier molecular flexibility index (Phi) is 6.42. The number of esters is 1. The predicted octanol–water partition coefficient (Wildman–Crippen LogP) is 5.29. The van der Waals surface area contributed by atoms with Gasteiger partial charge in [-0.05, 0) is 60.7 Å². The van der Waals surface area contributed by atoms with Crippen molar-refractivity contribution < 1.29 is 28.2 Å². The van der Waals surface area contributed by atoms with Gasteiger partial charge in [0.05, 0.1) is 18.1 Å². The Hall–Kier alpha value is -4.10. The molecule has 8 heteroatoms. The fourth-order valence-corrected chi connectivity index (χ4v) is 3.15. The molecule has 0 fully saturated rings. The molecule has 0 aliphatic carbocycles. The Bertz CT molecular complexity index is 1370. The van der Waals surface area contributed by atoms with E-state index in [-0.39, 0.29) is 34.5 Å². The van der Waals surface area contributed by atoms with E-state index in [9.17, 15) is 14.4 Å². The third-order valence-electron chi connectivity index (χ3n) is 4.75. The van der Waals surface area contributed by atoms with E-state index < -0.39 is 5.97 Å². The van der Waals surface area contributed by atoms with Crippen LogP contribution in [-0.4, -0.2) is 25.5 Å². The second kappa shape index (κ2) is 9.58. The molecule has 0 saturated heterocycles. The summed E-state index contributed by atoms with van der Waals surface area (Å²) < 4.78 is 21.4. The van der Waals surface area contributed by atoms with Gasteiger partial charge in [0.1, 0.15) is 23.3 Å². The van der Waals surface area contributed by atoms with Crippen LogP contribution in [-0.2, 0) is 4.74 Å². The molecule has 0 radical (unpaired) electrons. The first-order valence-corrected chi connectivity index (χ1v) is 10.2. The van der Waals surface area contributed by atoms with Crippen molar-refractivity contribution in [2.45, 2.75) is 0 Å². The second-order valence-corrected chi connectivity index (χ2v) is 7.36. The van der Waals surface area contributed by atoms with Crippen molar-refractivity contribution in [3.63, 3.8) is 0 Å². The summed E-state index contributed by atoms with van der Waals surface area (Å²) in [4.78, 5) is 36.6. The maximum atomic E-state index is 12.8. The van der Waals surface area contributed by atoms with Crippen molar-refractivity contribution >= 4 is 34.3 Å². The van der Waals surface area contributed by atoms with Crippen LogP contribution in [0.4, 0.5) is 0 Å². The van der Waals surface area contributed by atoms with Gasteiger partial charge in [-0.1, -0.05) is 11.6 Å². The Morgan fingerprint density at radius 2 is 1.58 bits per heavy atom. The third-order valence-corrected chi connectivity index (χ3v) is 5.01. The molecule has 0 aliphatic rings. The van der Waals surface area contributed by atoms with Gasteiger partial charge in [0.25, 0.3) is 0 Å². The van der Waals surface area contributed by atoms with E-state index in [2.05, 4.69) is 4.74 Å². The van der Waals surface area contributed by atoms with Gasteiger partial charge < -0.3 is 18.6 Å². The maximum Gasteiger partial charge on any atom is 0.337 e. The largest absolute Gasteiger partial charge is 0.485 e. The van der Waals surface area contributed by atoms with Crippen molar-refractivity contribution in [1.29, 1.82) is 0 Å². The standard InChI is InChI=1S/C25H17ClO7/c1-30-25(29)16-4-8-18(9-5-16)33-23-14-32-22-12-19(10-11-20(22)24(23)28)31-13-21(27)15-2-6-17(26)7-3-15/h2-12,14H,13H2,1H3. The Morgan fingerprint density at radius 1 is 0.909 bits per heavy atom. The lowest BCUT2D eigenvalue weighted by Crippen LogP contribution is -2.11. The summed E-state index contributed by atoms with van der Waals surface area (Å²) in [5, 5.41) is 0.827. The minimum atomic E-state index is -0.473. The van der Waals surface area contributed by atoms with E-state index in [4.69, 9.17) is 25.5 Å². The van der Waals surface area contributed by atoms with Crippen LogP contribution < -0.4 is 14.9 Å². The van der Waals surface area contributed by atoms with Gasteiger partial charge in [0.2, 0.25) is 11.2 Å². The number of carbonyl (C=O) groups is 2. The molecule has 0 N–H and O–H groups in total. The molecule has 1 aromatic heterocycles. The molecule has 3 aromatic carbocycles. The number of fused-ring (bicyclic) bond motifs is 1. The highest BCUT2D eigenvalue weighted by Gasteiger charge is 2.12. The number of hydrogen-bond donors (Lipinski definition) is 0. The number of benzene rings is 3. The van der Waals surface area contributed by atoms with Crippen LogP contribution in [0.2, 0.25) is 5.02 Å². The molecule has 33 heavy (non-hydrogen) atoms. The van der Waals surface area contributed by atoms with Crippen molar-refractivity contribution in [2.24, 2.45) is 0 Å². The first-order valence-electron chi connectivity index (χ1n) is 9.78. The highest BCUT2D eigenvalue weighted by atomic mass is 35.5. The van der Waals surface area contributed by atoms with Crippen molar-refractivity contribution in [3.05, 3.63) is 99.4 Å². The molecule has 1 heterocycles.